The highest BCUT2D eigenvalue weighted by atomic mass is 16.3. The third kappa shape index (κ3) is 3.95. The lowest BCUT2D eigenvalue weighted by atomic mass is 10.0. The Balaban J connectivity index is 2.52. The van der Waals surface area contributed by atoms with E-state index in [1.165, 1.54) is 18.6 Å². The van der Waals surface area contributed by atoms with Gasteiger partial charge in [-0.3, -0.25) is 4.79 Å². The number of hydrogen-bond acceptors (Lipinski definition) is 4. The monoisotopic (exact) mass is 252 g/mol. The normalized spacial score (nSPS) is 10.5. The van der Waals surface area contributed by atoms with Crippen LogP contribution in [0.1, 0.15) is 55.8 Å². The minimum atomic E-state index is -0.588. The van der Waals surface area contributed by atoms with Crippen LogP contribution in [0.2, 0.25) is 0 Å². The topological polar surface area (TPSA) is 77.8 Å². The van der Waals surface area contributed by atoms with Gasteiger partial charge in [0.1, 0.15) is 0 Å². The molecule has 1 aromatic rings. The van der Waals surface area contributed by atoms with Crippen LogP contribution in [0.5, 0.6) is 17.2 Å². The molecule has 0 heterocycles. The van der Waals surface area contributed by atoms with E-state index in [0.717, 1.165) is 25.7 Å². The summed E-state index contributed by atoms with van der Waals surface area (Å²) in [4.78, 5) is 11.8. The molecule has 18 heavy (non-hydrogen) atoms. The second-order valence-electron chi connectivity index (χ2n) is 4.45. The van der Waals surface area contributed by atoms with Crippen molar-refractivity contribution < 1.29 is 20.1 Å². The van der Waals surface area contributed by atoms with E-state index < -0.39 is 17.2 Å². The molecule has 4 heteroatoms. The molecule has 0 aliphatic rings. The fraction of sp³-hybridized carbons (Fsp3) is 0.500. The molecule has 1 rings (SSSR count). The van der Waals surface area contributed by atoms with E-state index in [0.29, 0.717) is 6.42 Å². The van der Waals surface area contributed by atoms with Gasteiger partial charge < -0.3 is 15.3 Å². The minimum Gasteiger partial charge on any atom is -0.504 e. The van der Waals surface area contributed by atoms with Crippen molar-refractivity contribution in [1.29, 1.82) is 0 Å². The average molecular weight is 252 g/mol. The fourth-order valence-electron chi connectivity index (χ4n) is 1.80. The van der Waals surface area contributed by atoms with Crippen LogP contribution in [0.25, 0.3) is 0 Å². The molecule has 0 spiro atoms. The Hall–Kier alpha value is -1.71. The van der Waals surface area contributed by atoms with Crippen molar-refractivity contribution >= 4 is 5.78 Å². The van der Waals surface area contributed by atoms with Crippen LogP contribution in [0, 0.1) is 0 Å². The number of ketones is 1. The average Bonchev–Trinajstić information content (AvgIpc) is 2.34. The van der Waals surface area contributed by atoms with Crippen molar-refractivity contribution in [2.45, 2.75) is 45.4 Å². The van der Waals surface area contributed by atoms with E-state index in [1.807, 2.05) is 0 Å². The van der Waals surface area contributed by atoms with Crippen molar-refractivity contribution in [2.75, 3.05) is 0 Å². The number of unbranched alkanes of at least 4 members (excludes halogenated alkanes) is 4. The third-order valence-electron chi connectivity index (χ3n) is 2.90. The van der Waals surface area contributed by atoms with E-state index in [-0.39, 0.29) is 11.3 Å². The van der Waals surface area contributed by atoms with Crippen molar-refractivity contribution in [3.8, 4) is 17.2 Å². The van der Waals surface area contributed by atoms with Crippen molar-refractivity contribution in [3.63, 3.8) is 0 Å². The number of Topliss-reactive ketones (excluding diaryl/α,β-unsaturated/α-hetero) is 1. The lowest BCUT2D eigenvalue weighted by Crippen LogP contribution is -1.98. The number of hydrogen-bond donors (Lipinski definition) is 3. The maximum Gasteiger partial charge on any atom is 0.200 e. The number of benzene rings is 1. The van der Waals surface area contributed by atoms with Crippen LogP contribution < -0.4 is 0 Å². The Morgan fingerprint density at radius 2 is 1.56 bits per heavy atom. The molecule has 0 bridgehead atoms. The molecule has 0 aliphatic carbocycles. The SMILES string of the molecule is CCCCCCCC(=O)c1cc(O)c(O)c(O)c1. The molecular weight excluding hydrogens is 232 g/mol. The highest BCUT2D eigenvalue weighted by molar-refractivity contribution is 5.97. The van der Waals surface area contributed by atoms with Gasteiger partial charge in [0.05, 0.1) is 0 Å². The van der Waals surface area contributed by atoms with Crippen LogP contribution in [-0.2, 0) is 0 Å². The van der Waals surface area contributed by atoms with E-state index in [1.54, 1.807) is 0 Å². The Kier molecular flexibility index (Phi) is 5.49. The molecule has 0 aromatic heterocycles. The summed E-state index contributed by atoms with van der Waals surface area (Å²) in [6.07, 6.45) is 5.67. The lowest BCUT2D eigenvalue weighted by molar-refractivity contribution is 0.0978. The van der Waals surface area contributed by atoms with E-state index in [2.05, 4.69) is 6.92 Å². The van der Waals surface area contributed by atoms with Crippen LogP contribution in [0.3, 0.4) is 0 Å². The predicted molar refractivity (Wildman–Crippen MR) is 69.1 cm³/mol. The van der Waals surface area contributed by atoms with Gasteiger partial charge in [-0.05, 0) is 18.6 Å². The molecule has 0 radical (unpaired) electrons. The maximum absolute atomic E-state index is 11.8. The van der Waals surface area contributed by atoms with Gasteiger partial charge in [0, 0.05) is 12.0 Å². The first-order valence-electron chi connectivity index (χ1n) is 6.34. The molecular formula is C14H20O4. The Labute approximate surface area is 107 Å². The zero-order chi connectivity index (χ0) is 13.5. The molecule has 100 valence electrons. The zero-order valence-corrected chi connectivity index (χ0v) is 10.6. The van der Waals surface area contributed by atoms with Gasteiger partial charge in [0.2, 0.25) is 0 Å². The van der Waals surface area contributed by atoms with Gasteiger partial charge in [-0.2, -0.15) is 0 Å². The number of rotatable bonds is 7. The zero-order valence-electron chi connectivity index (χ0n) is 10.6. The smallest absolute Gasteiger partial charge is 0.200 e. The van der Waals surface area contributed by atoms with Crippen molar-refractivity contribution in [2.24, 2.45) is 0 Å². The first-order valence-corrected chi connectivity index (χ1v) is 6.34. The Bertz CT molecular complexity index is 389. The van der Waals surface area contributed by atoms with Crippen LogP contribution in [0.4, 0.5) is 0 Å². The standard InChI is InChI=1S/C14H20O4/c1-2-3-4-5-6-7-11(15)10-8-12(16)14(18)13(17)9-10/h8-9,16-18H,2-7H2,1H3. The Morgan fingerprint density at radius 3 is 2.11 bits per heavy atom. The Morgan fingerprint density at radius 1 is 1.00 bits per heavy atom. The van der Waals surface area contributed by atoms with Gasteiger partial charge in [-0.1, -0.05) is 32.6 Å². The van der Waals surface area contributed by atoms with Gasteiger partial charge in [-0.25, -0.2) is 0 Å². The number of carbonyl (C=O) groups is 1. The lowest BCUT2D eigenvalue weighted by Gasteiger charge is -2.05. The molecule has 1 aromatic carbocycles. The van der Waals surface area contributed by atoms with Crippen LogP contribution in [0.15, 0.2) is 12.1 Å². The fourth-order valence-corrected chi connectivity index (χ4v) is 1.80. The minimum absolute atomic E-state index is 0.128. The van der Waals surface area contributed by atoms with Crippen molar-refractivity contribution in [1.82, 2.24) is 0 Å². The highest BCUT2D eigenvalue weighted by Crippen LogP contribution is 2.35. The molecule has 0 unspecified atom stereocenters. The molecule has 0 saturated carbocycles. The number of carbonyl (C=O) groups excluding carboxylic acids is 1. The predicted octanol–water partition coefficient (Wildman–Crippen LogP) is 3.35. The molecule has 0 atom stereocenters. The molecule has 3 N–H and O–H groups in total. The van der Waals surface area contributed by atoms with Crippen molar-refractivity contribution in [3.05, 3.63) is 17.7 Å². The molecule has 0 saturated heterocycles. The quantitative estimate of drug-likeness (QED) is 0.395. The first kappa shape index (κ1) is 14.4. The molecule has 0 fully saturated rings. The summed E-state index contributed by atoms with van der Waals surface area (Å²) >= 11 is 0. The number of phenols is 3. The number of aromatic hydroxyl groups is 3. The van der Waals surface area contributed by atoms with Gasteiger partial charge in [0.25, 0.3) is 0 Å². The van der Waals surface area contributed by atoms with E-state index in [9.17, 15) is 20.1 Å². The van der Waals surface area contributed by atoms with Gasteiger partial charge in [0.15, 0.2) is 23.0 Å². The van der Waals surface area contributed by atoms with E-state index in [4.69, 9.17) is 0 Å². The summed E-state index contributed by atoms with van der Waals surface area (Å²) in [5, 5.41) is 27.8. The van der Waals surface area contributed by atoms with E-state index >= 15 is 0 Å². The maximum atomic E-state index is 11.8. The summed E-state index contributed by atoms with van der Waals surface area (Å²) in [6, 6.07) is 2.37. The summed E-state index contributed by atoms with van der Waals surface area (Å²) in [5.74, 6) is -1.65. The largest absolute Gasteiger partial charge is 0.504 e. The molecule has 0 amide bonds. The summed E-state index contributed by atoms with van der Waals surface area (Å²) in [7, 11) is 0. The second-order valence-corrected chi connectivity index (χ2v) is 4.45. The highest BCUT2D eigenvalue weighted by Gasteiger charge is 2.13. The van der Waals surface area contributed by atoms with Gasteiger partial charge in [-0.15, -0.1) is 0 Å². The van der Waals surface area contributed by atoms with Gasteiger partial charge >= 0.3 is 0 Å². The molecule has 4 nitrogen and oxygen atoms in total. The third-order valence-corrected chi connectivity index (χ3v) is 2.90. The molecule has 0 aliphatic heterocycles. The summed E-state index contributed by atoms with van der Waals surface area (Å²) in [6.45, 7) is 2.13. The van der Waals surface area contributed by atoms with Crippen LogP contribution in [-0.4, -0.2) is 21.1 Å². The summed E-state index contributed by atoms with van der Waals surface area (Å²) in [5.41, 5.74) is 0.235. The number of phenolic OH excluding ortho intramolecular Hbond substituents is 3. The second kappa shape index (κ2) is 6.89. The van der Waals surface area contributed by atoms with Crippen LogP contribution >= 0.6 is 0 Å². The summed E-state index contributed by atoms with van der Waals surface area (Å²) < 4.78 is 0. The first-order chi connectivity index (χ1) is 8.56.